The van der Waals surface area contributed by atoms with Crippen molar-refractivity contribution < 1.29 is 33.7 Å². The van der Waals surface area contributed by atoms with E-state index in [1.165, 1.54) is 11.0 Å². The fourth-order valence-electron chi connectivity index (χ4n) is 4.79. The summed E-state index contributed by atoms with van der Waals surface area (Å²) >= 11 is 0.928. The molecule has 1 atom stereocenters. The number of Topliss-reactive ketones (excluding diaryl/α,β-unsaturated/α-hetero) is 1. The van der Waals surface area contributed by atoms with Gasteiger partial charge in [0.25, 0.3) is 5.78 Å². The van der Waals surface area contributed by atoms with Crippen LogP contribution in [0.2, 0.25) is 0 Å². The molecule has 3 aromatic carbocycles. The van der Waals surface area contributed by atoms with Crippen LogP contribution in [0.4, 0.5) is 5.13 Å². The Balaban J connectivity index is 1.60. The molecule has 0 spiro atoms. The zero-order chi connectivity index (χ0) is 31.9. The third-order valence-electron chi connectivity index (χ3n) is 7.00. The van der Waals surface area contributed by atoms with E-state index in [9.17, 15) is 19.5 Å². The number of aryl methyl sites for hydroxylation is 1. The Labute approximate surface area is 265 Å². The lowest BCUT2D eigenvalue weighted by Crippen LogP contribution is -2.29. The van der Waals surface area contributed by atoms with Crippen LogP contribution >= 0.6 is 11.3 Å². The van der Waals surface area contributed by atoms with Crippen molar-refractivity contribution in [3.63, 3.8) is 0 Å². The van der Waals surface area contributed by atoms with Gasteiger partial charge >= 0.3 is 11.9 Å². The number of aliphatic hydroxyl groups excluding tert-OH is 1. The molecular formula is C35H32N2O7S. The number of carbonyl (C=O) groups excluding carboxylic acids is 3. The molecule has 0 aliphatic carbocycles. The number of hydrogen-bond acceptors (Lipinski definition) is 9. The normalized spacial score (nSPS) is 15.6. The molecule has 230 valence electrons. The first kappa shape index (κ1) is 31.2. The highest BCUT2D eigenvalue weighted by molar-refractivity contribution is 7.17. The molecule has 1 N–H and O–H groups in total. The van der Waals surface area contributed by atoms with Gasteiger partial charge in [0.05, 0.1) is 23.9 Å². The molecule has 1 amide bonds. The quantitative estimate of drug-likeness (QED) is 0.0433. The molecule has 4 aromatic rings. The number of ether oxygens (including phenoxy) is 3. The average molecular weight is 625 g/mol. The Morgan fingerprint density at radius 1 is 1.02 bits per heavy atom. The minimum atomic E-state index is -1.08. The van der Waals surface area contributed by atoms with E-state index in [0.29, 0.717) is 40.7 Å². The second kappa shape index (κ2) is 14.0. The van der Waals surface area contributed by atoms with Crippen LogP contribution in [0.15, 0.2) is 97.1 Å². The number of amides is 1. The van der Waals surface area contributed by atoms with E-state index in [2.05, 4.69) is 18.5 Å². The summed E-state index contributed by atoms with van der Waals surface area (Å²) in [6, 6.07) is 21.7. The van der Waals surface area contributed by atoms with Gasteiger partial charge in [0, 0.05) is 5.56 Å². The van der Waals surface area contributed by atoms with E-state index >= 15 is 0 Å². The number of hydrogen-bond donors (Lipinski definition) is 1. The van der Waals surface area contributed by atoms with Crippen molar-refractivity contribution >= 4 is 39.9 Å². The topological polar surface area (TPSA) is 115 Å². The van der Waals surface area contributed by atoms with E-state index in [1.54, 1.807) is 67.6 Å². The maximum atomic E-state index is 13.7. The van der Waals surface area contributed by atoms with E-state index in [0.717, 1.165) is 24.2 Å². The van der Waals surface area contributed by atoms with Crippen molar-refractivity contribution in [2.75, 3.05) is 18.1 Å². The van der Waals surface area contributed by atoms with Gasteiger partial charge in [-0.3, -0.25) is 14.5 Å². The first-order chi connectivity index (χ1) is 21.8. The Morgan fingerprint density at radius 3 is 2.47 bits per heavy atom. The van der Waals surface area contributed by atoms with Gasteiger partial charge in [0.1, 0.15) is 34.5 Å². The van der Waals surface area contributed by atoms with Gasteiger partial charge in [-0.25, -0.2) is 9.78 Å². The van der Waals surface area contributed by atoms with Crippen LogP contribution in [0.25, 0.3) is 5.76 Å². The molecule has 0 bridgehead atoms. The number of benzene rings is 3. The summed E-state index contributed by atoms with van der Waals surface area (Å²) in [5, 5.41) is 11.7. The van der Waals surface area contributed by atoms with E-state index in [1.807, 2.05) is 18.2 Å². The fraction of sp³-hybridized carbons (Fsp3) is 0.200. The molecule has 1 aliphatic heterocycles. The SMILES string of the molecule is C=CCOC(=O)c1sc(N2C(=O)C(=O)C(=C(O)c3ccc(OCCCC)cc3)[C@@H]2c2cccc(Oc3ccccc3)c2)nc1C. The molecule has 0 radical (unpaired) electrons. The molecule has 0 saturated carbocycles. The summed E-state index contributed by atoms with van der Waals surface area (Å²) in [5.74, 6) is -1.08. The van der Waals surface area contributed by atoms with Crippen LogP contribution in [0.5, 0.6) is 17.2 Å². The average Bonchev–Trinajstić information content (AvgIpc) is 3.56. The molecule has 10 heteroatoms. The maximum Gasteiger partial charge on any atom is 0.350 e. The van der Waals surface area contributed by atoms with Crippen LogP contribution in [-0.4, -0.2) is 41.0 Å². The number of ketones is 1. The zero-order valence-corrected chi connectivity index (χ0v) is 25.7. The zero-order valence-electron chi connectivity index (χ0n) is 24.9. The molecule has 45 heavy (non-hydrogen) atoms. The summed E-state index contributed by atoms with van der Waals surface area (Å²) in [7, 11) is 0. The summed E-state index contributed by atoms with van der Waals surface area (Å²) < 4.78 is 17.0. The van der Waals surface area contributed by atoms with E-state index < -0.39 is 23.7 Å². The fourth-order valence-corrected chi connectivity index (χ4v) is 5.78. The highest BCUT2D eigenvalue weighted by Gasteiger charge is 2.48. The van der Waals surface area contributed by atoms with Crippen molar-refractivity contribution in [2.24, 2.45) is 0 Å². The lowest BCUT2D eigenvalue weighted by atomic mass is 9.95. The molecule has 2 heterocycles. The van der Waals surface area contributed by atoms with Gasteiger partial charge in [-0.15, -0.1) is 0 Å². The second-order valence-electron chi connectivity index (χ2n) is 10.2. The van der Waals surface area contributed by atoms with E-state index in [-0.39, 0.29) is 27.9 Å². The molecule has 1 aromatic heterocycles. The van der Waals surface area contributed by atoms with Crippen LogP contribution < -0.4 is 14.4 Å². The smallest absolute Gasteiger partial charge is 0.350 e. The number of aromatic nitrogens is 1. The Kier molecular flexibility index (Phi) is 9.74. The number of anilines is 1. The molecule has 0 unspecified atom stereocenters. The van der Waals surface area contributed by atoms with Gasteiger partial charge in [-0.1, -0.05) is 67.7 Å². The summed E-state index contributed by atoms with van der Waals surface area (Å²) in [4.78, 5) is 45.9. The van der Waals surface area contributed by atoms with Gasteiger partial charge < -0.3 is 19.3 Å². The third-order valence-corrected chi connectivity index (χ3v) is 8.14. The van der Waals surface area contributed by atoms with Crippen molar-refractivity contribution in [2.45, 2.75) is 32.7 Å². The summed E-state index contributed by atoms with van der Waals surface area (Å²) in [5.41, 5.74) is 1.04. The third kappa shape index (κ3) is 6.81. The van der Waals surface area contributed by atoms with Gasteiger partial charge in [-0.2, -0.15) is 0 Å². The number of para-hydroxylation sites is 1. The summed E-state index contributed by atoms with van der Waals surface area (Å²) in [6.07, 6.45) is 3.34. The highest BCUT2D eigenvalue weighted by Crippen LogP contribution is 2.45. The van der Waals surface area contributed by atoms with Crippen molar-refractivity contribution in [3.8, 4) is 17.2 Å². The van der Waals surface area contributed by atoms with Gasteiger partial charge in [0.15, 0.2) is 5.13 Å². The first-order valence-corrected chi connectivity index (χ1v) is 15.3. The van der Waals surface area contributed by atoms with Crippen LogP contribution in [0.1, 0.15) is 52.3 Å². The lowest BCUT2D eigenvalue weighted by molar-refractivity contribution is -0.132. The van der Waals surface area contributed by atoms with Crippen LogP contribution in [0, 0.1) is 6.92 Å². The standard InChI is InChI=1S/C35H32N2O7S/c1-4-6-20-42-25-17-15-23(16-18-25)30(38)28-29(24-11-10-14-27(21-24)44-26-12-8-7-9-13-26)37(33(40)31(28)39)35-36-22(3)32(45-35)34(41)43-19-5-2/h5,7-18,21,29,38H,2,4,6,19-20H2,1,3H3/t29-/m0/s1. The lowest BCUT2D eigenvalue weighted by Gasteiger charge is -2.23. The first-order valence-electron chi connectivity index (χ1n) is 14.4. The summed E-state index contributed by atoms with van der Waals surface area (Å²) in [6.45, 7) is 7.82. The Bertz CT molecular complexity index is 1750. The highest BCUT2D eigenvalue weighted by atomic mass is 32.1. The van der Waals surface area contributed by atoms with Crippen molar-refractivity contribution in [1.82, 2.24) is 4.98 Å². The molecule has 1 saturated heterocycles. The number of esters is 1. The maximum absolute atomic E-state index is 13.7. The number of rotatable bonds is 12. The number of unbranched alkanes of at least 4 members (excludes halogenated alkanes) is 1. The molecule has 9 nitrogen and oxygen atoms in total. The van der Waals surface area contributed by atoms with Crippen molar-refractivity contribution in [3.05, 3.63) is 119 Å². The number of aliphatic hydroxyl groups is 1. The minimum absolute atomic E-state index is 0.00661. The molecule has 5 rings (SSSR count). The number of nitrogens with zero attached hydrogens (tertiary/aromatic N) is 2. The Morgan fingerprint density at radius 2 is 1.76 bits per heavy atom. The van der Waals surface area contributed by atoms with Gasteiger partial charge in [-0.05, 0) is 67.4 Å². The Hall–Kier alpha value is -5.22. The molecular weight excluding hydrogens is 592 g/mol. The molecule has 1 aliphatic rings. The van der Waals surface area contributed by atoms with Crippen molar-refractivity contribution in [1.29, 1.82) is 0 Å². The minimum Gasteiger partial charge on any atom is -0.507 e. The largest absolute Gasteiger partial charge is 0.507 e. The second-order valence-corrected chi connectivity index (χ2v) is 11.2. The molecule has 1 fully saturated rings. The monoisotopic (exact) mass is 624 g/mol. The van der Waals surface area contributed by atoms with Crippen LogP contribution in [-0.2, 0) is 14.3 Å². The van der Waals surface area contributed by atoms with E-state index in [4.69, 9.17) is 14.2 Å². The number of thiazole rings is 1. The number of carbonyl (C=O) groups is 3. The predicted molar refractivity (Wildman–Crippen MR) is 172 cm³/mol. The van der Waals surface area contributed by atoms with Gasteiger partial charge in [0.2, 0.25) is 0 Å². The predicted octanol–water partition coefficient (Wildman–Crippen LogP) is 7.39. The van der Waals surface area contributed by atoms with Crippen LogP contribution in [0.3, 0.4) is 0 Å².